The molecule has 0 amide bonds. The fourth-order valence-corrected chi connectivity index (χ4v) is 2.43. The molecule has 1 aromatic carbocycles. The lowest BCUT2D eigenvalue weighted by atomic mass is 10.1. The Morgan fingerprint density at radius 1 is 1.30 bits per heavy atom. The molecule has 1 aromatic heterocycles. The number of rotatable bonds is 6. The maximum absolute atomic E-state index is 5.36. The van der Waals surface area contributed by atoms with Gasteiger partial charge in [-0.2, -0.15) is 0 Å². The van der Waals surface area contributed by atoms with Gasteiger partial charge < -0.3 is 14.6 Å². The number of nitrogens with one attached hydrogen (secondary N) is 1. The summed E-state index contributed by atoms with van der Waals surface area (Å²) in [4.78, 5) is 0. The van der Waals surface area contributed by atoms with Crippen molar-refractivity contribution in [3.05, 3.63) is 48.0 Å². The predicted octanol–water partition coefficient (Wildman–Crippen LogP) is 1.40. The highest BCUT2D eigenvalue weighted by atomic mass is 16.5. The van der Waals surface area contributed by atoms with Crippen LogP contribution in [0, 0.1) is 0 Å². The molecule has 3 rings (SSSR count). The monoisotopic (exact) mass is 272 g/mol. The Balaban J connectivity index is 1.53. The summed E-state index contributed by atoms with van der Waals surface area (Å²) in [5.41, 5.74) is 1.34. The summed E-state index contributed by atoms with van der Waals surface area (Å²) >= 11 is 0. The van der Waals surface area contributed by atoms with Crippen molar-refractivity contribution in [3.8, 4) is 0 Å². The maximum atomic E-state index is 5.36. The zero-order valence-electron chi connectivity index (χ0n) is 11.5. The van der Waals surface area contributed by atoms with Crippen molar-refractivity contribution >= 4 is 0 Å². The molecule has 0 unspecified atom stereocenters. The van der Waals surface area contributed by atoms with E-state index in [0.29, 0.717) is 6.04 Å². The minimum Gasteiger partial charge on any atom is -0.380 e. The fraction of sp³-hybridized carbons (Fsp3) is 0.467. The van der Waals surface area contributed by atoms with E-state index in [4.69, 9.17) is 4.74 Å². The Morgan fingerprint density at radius 2 is 2.20 bits per heavy atom. The van der Waals surface area contributed by atoms with Gasteiger partial charge in [0.1, 0.15) is 12.2 Å². The van der Waals surface area contributed by atoms with Crippen LogP contribution in [-0.4, -0.2) is 34.0 Å². The number of nitrogens with zero attached hydrogens (tertiary/aromatic N) is 3. The smallest absolute Gasteiger partial charge is 0.146 e. The molecule has 1 fully saturated rings. The van der Waals surface area contributed by atoms with Gasteiger partial charge in [0.05, 0.1) is 13.2 Å². The van der Waals surface area contributed by atoms with E-state index in [-0.39, 0.29) is 0 Å². The summed E-state index contributed by atoms with van der Waals surface area (Å²) in [6.07, 6.45) is 3.89. The van der Waals surface area contributed by atoms with Crippen molar-refractivity contribution in [3.63, 3.8) is 0 Å². The highest BCUT2D eigenvalue weighted by molar-refractivity contribution is 5.14. The molecule has 0 saturated carbocycles. The molecule has 1 atom stereocenters. The molecule has 106 valence electrons. The molecule has 1 aliphatic rings. The zero-order chi connectivity index (χ0) is 13.6. The van der Waals surface area contributed by atoms with E-state index in [1.54, 1.807) is 0 Å². The third-order valence-electron chi connectivity index (χ3n) is 3.66. The molecule has 5 nitrogen and oxygen atoms in total. The molecular weight excluding hydrogens is 252 g/mol. The molecule has 2 aromatic rings. The normalized spacial score (nSPS) is 18.5. The number of aromatic nitrogens is 3. The Morgan fingerprint density at radius 3 is 3.00 bits per heavy atom. The van der Waals surface area contributed by atoms with Crippen LogP contribution in [0.4, 0.5) is 0 Å². The number of hydrogen-bond donors (Lipinski definition) is 1. The molecule has 0 bridgehead atoms. The average molecular weight is 272 g/mol. The van der Waals surface area contributed by atoms with E-state index in [0.717, 1.165) is 45.0 Å². The lowest BCUT2D eigenvalue weighted by Crippen LogP contribution is -2.29. The first-order valence-electron chi connectivity index (χ1n) is 7.13. The number of hydrogen-bond acceptors (Lipinski definition) is 4. The van der Waals surface area contributed by atoms with Crippen LogP contribution in [-0.2, 0) is 24.2 Å². The summed E-state index contributed by atoms with van der Waals surface area (Å²) in [5.74, 6) is 0.993. The third-order valence-corrected chi connectivity index (χ3v) is 3.66. The van der Waals surface area contributed by atoms with Crippen LogP contribution < -0.4 is 5.32 Å². The predicted molar refractivity (Wildman–Crippen MR) is 76.2 cm³/mol. The first kappa shape index (κ1) is 13.3. The Labute approximate surface area is 119 Å². The molecule has 2 heterocycles. The van der Waals surface area contributed by atoms with Gasteiger partial charge in [0, 0.05) is 19.2 Å². The van der Waals surface area contributed by atoms with Crippen molar-refractivity contribution in [1.29, 1.82) is 0 Å². The maximum Gasteiger partial charge on any atom is 0.146 e. The van der Waals surface area contributed by atoms with Crippen LogP contribution in [0.25, 0.3) is 0 Å². The summed E-state index contributed by atoms with van der Waals surface area (Å²) in [5, 5.41) is 11.7. The zero-order valence-corrected chi connectivity index (χ0v) is 11.5. The van der Waals surface area contributed by atoms with Gasteiger partial charge in [-0.05, 0) is 18.4 Å². The van der Waals surface area contributed by atoms with E-state index in [1.165, 1.54) is 5.56 Å². The first-order chi connectivity index (χ1) is 9.92. The second-order valence-corrected chi connectivity index (χ2v) is 5.12. The third kappa shape index (κ3) is 3.43. The molecule has 1 saturated heterocycles. The van der Waals surface area contributed by atoms with Crippen molar-refractivity contribution in [2.75, 3.05) is 13.2 Å². The van der Waals surface area contributed by atoms with Gasteiger partial charge in [-0.15, -0.1) is 10.2 Å². The van der Waals surface area contributed by atoms with E-state index >= 15 is 0 Å². The van der Waals surface area contributed by atoms with Crippen molar-refractivity contribution in [1.82, 2.24) is 20.1 Å². The Hall–Kier alpha value is -1.72. The van der Waals surface area contributed by atoms with Gasteiger partial charge in [0.15, 0.2) is 0 Å². The second-order valence-electron chi connectivity index (χ2n) is 5.12. The van der Waals surface area contributed by atoms with Gasteiger partial charge in [-0.25, -0.2) is 0 Å². The van der Waals surface area contributed by atoms with Crippen molar-refractivity contribution in [2.24, 2.45) is 0 Å². The summed E-state index contributed by atoms with van der Waals surface area (Å²) in [6.45, 7) is 3.33. The van der Waals surface area contributed by atoms with Gasteiger partial charge >= 0.3 is 0 Å². The number of aryl methyl sites for hydroxylation is 2. The molecule has 0 radical (unpaired) electrons. The van der Waals surface area contributed by atoms with Crippen LogP contribution in [0.5, 0.6) is 0 Å². The molecule has 0 aliphatic carbocycles. The highest BCUT2D eigenvalue weighted by Crippen LogP contribution is 2.06. The van der Waals surface area contributed by atoms with Gasteiger partial charge in [-0.1, -0.05) is 30.3 Å². The minimum absolute atomic E-state index is 0.453. The molecule has 20 heavy (non-hydrogen) atoms. The summed E-state index contributed by atoms with van der Waals surface area (Å²) < 4.78 is 7.48. The Bertz CT molecular complexity index is 520. The lowest BCUT2D eigenvalue weighted by molar-refractivity contribution is 0.189. The van der Waals surface area contributed by atoms with E-state index < -0.39 is 0 Å². The topological polar surface area (TPSA) is 52.0 Å². The highest BCUT2D eigenvalue weighted by Gasteiger charge is 2.15. The van der Waals surface area contributed by atoms with E-state index in [2.05, 4.69) is 44.3 Å². The average Bonchev–Trinajstić information content (AvgIpc) is 3.15. The van der Waals surface area contributed by atoms with Crippen LogP contribution in [0.3, 0.4) is 0 Å². The van der Waals surface area contributed by atoms with Crippen LogP contribution >= 0.6 is 0 Å². The second kappa shape index (κ2) is 6.63. The molecular formula is C15H20N4O. The standard InChI is InChI=1S/C15H20N4O/c1-2-4-13(5-3-1)6-8-19-12-17-18-15(19)10-16-14-7-9-20-11-14/h1-5,12,14,16H,6-11H2/t14-/m1/s1. The van der Waals surface area contributed by atoms with Gasteiger partial charge in [0.25, 0.3) is 0 Å². The van der Waals surface area contributed by atoms with Crippen LogP contribution in [0.1, 0.15) is 17.8 Å². The summed E-state index contributed by atoms with van der Waals surface area (Å²) in [7, 11) is 0. The van der Waals surface area contributed by atoms with Gasteiger partial charge in [-0.3, -0.25) is 0 Å². The number of benzene rings is 1. The van der Waals surface area contributed by atoms with E-state index in [1.807, 2.05) is 12.4 Å². The lowest BCUT2D eigenvalue weighted by Gasteiger charge is -2.11. The van der Waals surface area contributed by atoms with E-state index in [9.17, 15) is 0 Å². The summed E-state index contributed by atoms with van der Waals surface area (Å²) in [6, 6.07) is 10.9. The molecule has 1 N–H and O–H groups in total. The van der Waals surface area contributed by atoms with Crippen LogP contribution in [0.15, 0.2) is 36.7 Å². The van der Waals surface area contributed by atoms with Crippen molar-refractivity contribution < 1.29 is 4.74 Å². The quantitative estimate of drug-likeness (QED) is 0.863. The Kier molecular flexibility index (Phi) is 4.40. The first-order valence-corrected chi connectivity index (χ1v) is 7.13. The molecule has 0 spiro atoms. The molecule has 5 heteroatoms. The fourth-order valence-electron chi connectivity index (χ4n) is 2.43. The number of ether oxygens (including phenoxy) is 1. The van der Waals surface area contributed by atoms with Gasteiger partial charge in [0.2, 0.25) is 0 Å². The SMILES string of the molecule is c1ccc(CCn2cnnc2CN[C@@H]2CCOC2)cc1. The minimum atomic E-state index is 0.453. The molecule has 1 aliphatic heterocycles. The van der Waals surface area contributed by atoms with Crippen LogP contribution in [0.2, 0.25) is 0 Å². The van der Waals surface area contributed by atoms with Crippen molar-refractivity contribution in [2.45, 2.75) is 32.0 Å². The largest absolute Gasteiger partial charge is 0.380 e.